The fourth-order valence-electron chi connectivity index (χ4n) is 2.77. The van der Waals surface area contributed by atoms with Crippen molar-refractivity contribution in [1.82, 2.24) is 4.98 Å². The second-order valence-electron chi connectivity index (χ2n) is 5.74. The van der Waals surface area contributed by atoms with Crippen molar-refractivity contribution in [3.05, 3.63) is 59.3 Å². The van der Waals surface area contributed by atoms with Gasteiger partial charge in [-0.1, -0.05) is 12.1 Å². The molecule has 124 valence electrons. The van der Waals surface area contributed by atoms with Crippen molar-refractivity contribution < 1.29 is 18.7 Å². The Bertz CT molecular complexity index is 1060. The smallest absolute Gasteiger partial charge is 0.225 e. The molecule has 4 rings (SSSR count). The second kappa shape index (κ2) is 5.59. The number of Topliss-reactive ketones (excluding diaryl/α,β-unsaturated/α-hetero) is 2. The lowest BCUT2D eigenvalue weighted by Crippen LogP contribution is -1.97. The molecule has 1 aliphatic rings. The van der Waals surface area contributed by atoms with Crippen LogP contribution in [0.4, 0.5) is 5.69 Å². The molecule has 0 spiro atoms. The lowest BCUT2D eigenvalue weighted by molar-refractivity contribution is 0.100. The Balaban J connectivity index is 1.72. The number of hydrogen-bond acceptors (Lipinski definition) is 6. The first-order valence-electron chi connectivity index (χ1n) is 7.74. The van der Waals surface area contributed by atoms with Crippen molar-refractivity contribution in [2.24, 2.45) is 0 Å². The Morgan fingerprint density at radius 1 is 1.04 bits per heavy atom. The number of hydrogen-bond donors (Lipinski definition) is 1. The Morgan fingerprint density at radius 3 is 2.52 bits per heavy atom. The topological polar surface area (TPSA) is 81.4 Å². The summed E-state index contributed by atoms with van der Waals surface area (Å²) in [5.74, 6) is 1.03. The van der Waals surface area contributed by atoms with E-state index in [4.69, 9.17) is 9.15 Å². The highest BCUT2D eigenvalue weighted by atomic mass is 16.5. The number of rotatable bonds is 3. The van der Waals surface area contributed by atoms with Gasteiger partial charge in [0.25, 0.3) is 0 Å². The number of para-hydroxylation sites is 2. The van der Waals surface area contributed by atoms with Crippen LogP contribution in [0, 0.1) is 0 Å². The number of aromatic nitrogens is 1. The Morgan fingerprint density at radius 2 is 1.76 bits per heavy atom. The predicted octanol–water partition coefficient (Wildman–Crippen LogP) is 4.04. The number of ether oxygens (including phenoxy) is 1. The lowest BCUT2D eigenvalue weighted by atomic mass is 10.1. The van der Waals surface area contributed by atoms with Gasteiger partial charge in [-0.25, -0.2) is 4.98 Å². The van der Waals surface area contributed by atoms with Crippen LogP contribution in [0.15, 0.2) is 46.7 Å². The van der Waals surface area contributed by atoms with E-state index in [9.17, 15) is 9.59 Å². The van der Waals surface area contributed by atoms with Crippen LogP contribution in [0.3, 0.4) is 0 Å². The highest BCUT2D eigenvalue weighted by Crippen LogP contribution is 2.37. The quantitative estimate of drug-likeness (QED) is 0.728. The largest absolute Gasteiger partial charge is 0.438 e. The van der Waals surface area contributed by atoms with Crippen LogP contribution in [0.5, 0.6) is 5.75 Å². The number of carbonyl (C=O) groups excluding carboxylic acids is 2. The molecule has 3 aromatic rings. The van der Waals surface area contributed by atoms with Crippen LogP contribution < -0.4 is 10.1 Å². The number of nitrogens with zero attached hydrogens (tertiary/aromatic N) is 1. The van der Waals surface area contributed by atoms with E-state index in [0.717, 1.165) is 0 Å². The highest BCUT2D eigenvalue weighted by molar-refractivity contribution is 6.04. The maximum atomic E-state index is 11.7. The molecule has 0 unspecified atom stereocenters. The molecular weight excluding hydrogens is 320 g/mol. The minimum absolute atomic E-state index is 0.0761. The molecule has 1 aliphatic heterocycles. The van der Waals surface area contributed by atoms with Crippen molar-refractivity contribution in [3.8, 4) is 5.75 Å². The molecule has 0 fully saturated rings. The van der Waals surface area contributed by atoms with Crippen LogP contribution in [0.2, 0.25) is 0 Å². The van der Waals surface area contributed by atoms with Gasteiger partial charge in [-0.15, -0.1) is 0 Å². The summed E-state index contributed by atoms with van der Waals surface area (Å²) in [5, 5.41) is 3.08. The van der Waals surface area contributed by atoms with Gasteiger partial charge in [0.15, 0.2) is 22.9 Å². The minimum atomic E-state index is -0.0882. The van der Waals surface area contributed by atoms with Gasteiger partial charge >= 0.3 is 0 Å². The molecule has 1 aromatic heterocycles. The van der Waals surface area contributed by atoms with Crippen molar-refractivity contribution in [2.75, 3.05) is 5.32 Å². The van der Waals surface area contributed by atoms with Gasteiger partial charge in [-0.2, -0.15) is 0 Å². The van der Waals surface area contributed by atoms with E-state index >= 15 is 0 Å². The summed E-state index contributed by atoms with van der Waals surface area (Å²) in [7, 11) is 0. The number of ketones is 2. The molecule has 0 amide bonds. The average Bonchev–Trinajstić information content (AvgIpc) is 3.16. The zero-order valence-electron chi connectivity index (χ0n) is 13.6. The number of carbonyl (C=O) groups is 2. The van der Waals surface area contributed by atoms with Crippen LogP contribution in [-0.2, 0) is 0 Å². The molecule has 6 heteroatoms. The summed E-state index contributed by atoms with van der Waals surface area (Å²) < 4.78 is 11.4. The van der Waals surface area contributed by atoms with E-state index in [1.807, 2.05) is 6.07 Å². The van der Waals surface area contributed by atoms with Gasteiger partial charge in [0.2, 0.25) is 11.8 Å². The first-order valence-corrected chi connectivity index (χ1v) is 7.74. The lowest BCUT2D eigenvalue weighted by Gasteiger charge is -2.01. The number of oxazole rings is 1. The van der Waals surface area contributed by atoms with Crippen LogP contribution >= 0.6 is 0 Å². The van der Waals surface area contributed by atoms with E-state index in [0.29, 0.717) is 45.4 Å². The molecule has 6 nitrogen and oxygen atoms in total. The van der Waals surface area contributed by atoms with Crippen LogP contribution in [0.1, 0.15) is 40.5 Å². The normalized spacial score (nSPS) is 14.2. The van der Waals surface area contributed by atoms with E-state index < -0.39 is 0 Å². The molecule has 0 atom stereocenters. The third-order valence-electron chi connectivity index (χ3n) is 3.93. The first kappa shape index (κ1) is 15.1. The van der Waals surface area contributed by atoms with Gasteiger partial charge in [0.1, 0.15) is 5.52 Å². The number of nitrogens with one attached hydrogen (secondary N) is 1. The van der Waals surface area contributed by atoms with E-state index in [2.05, 4.69) is 10.3 Å². The summed E-state index contributed by atoms with van der Waals surface area (Å²) in [6.07, 6.45) is 1.59. The Hall–Kier alpha value is -3.41. The van der Waals surface area contributed by atoms with E-state index in [1.54, 1.807) is 36.4 Å². The Kier molecular flexibility index (Phi) is 3.39. The first-order chi connectivity index (χ1) is 12.0. The summed E-state index contributed by atoms with van der Waals surface area (Å²) in [5.41, 5.74) is 2.74. The van der Waals surface area contributed by atoms with Crippen LogP contribution in [0.25, 0.3) is 17.2 Å². The van der Waals surface area contributed by atoms with Crippen LogP contribution in [-0.4, -0.2) is 16.6 Å². The molecule has 0 saturated carbocycles. The zero-order chi connectivity index (χ0) is 17.6. The SMILES string of the molecule is CC(=O)c1cccc2c1O/C(=C/c1nc3cccc(C(C)=O)c3o1)N2. The summed E-state index contributed by atoms with van der Waals surface area (Å²) in [6, 6.07) is 10.6. The van der Waals surface area contributed by atoms with E-state index in [-0.39, 0.29) is 11.6 Å². The maximum absolute atomic E-state index is 11.7. The standard InChI is InChI=1S/C19H14N2O4/c1-10(22)12-5-3-7-14-18(12)24-16(20-14)9-17-21-15-8-4-6-13(11(2)23)19(15)25-17/h3-9,20H,1-2H3/b16-9+. The summed E-state index contributed by atoms with van der Waals surface area (Å²) in [6.45, 7) is 2.97. The van der Waals surface area contributed by atoms with Crippen molar-refractivity contribution >= 4 is 34.4 Å². The van der Waals surface area contributed by atoms with Gasteiger partial charge in [-0.3, -0.25) is 9.59 Å². The summed E-state index contributed by atoms with van der Waals surface area (Å²) >= 11 is 0. The average molecular weight is 334 g/mol. The highest BCUT2D eigenvalue weighted by Gasteiger charge is 2.22. The number of anilines is 1. The number of benzene rings is 2. The molecular formula is C19H14N2O4. The molecule has 2 aromatic carbocycles. The van der Waals surface area contributed by atoms with Gasteiger partial charge < -0.3 is 14.5 Å². The molecule has 25 heavy (non-hydrogen) atoms. The van der Waals surface area contributed by atoms with Crippen molar-refractivity contribution in [2.45, 2.75) is 13.8 Å². The molecule has 1 N–H and O–H groups in total. The predicted molar refractivity (Wildman–Crippen MR) is 92.7 cm³/mol. The molecule has 0 aliphatic carbocycles. The second-order valence-corrected chi connectivity index (χ2v) is 5.74. The minimum Gasteiger partial charge on any atom is -0.438 e. The Labute approximate surface area is 143 Å². The fourth-order valence-corrected chi connectivity index (χ4v) is 2.77. The third-order valence-corrected chi connectivity index (χ3v) is 3.93. The van der Waals surface area contributed by atoms with Crippen molar-refractivity contribution in [3.63, 3.8) is 0 Å². The molecule has 0 radical (unpaired) electrons. The molecule has 2 heterocycles. The van der Waals surface area contributed by atoms with E-state index in [1.165, 1.54) is 13.8 Å². The summed E-state index contributed by atoms with van der Waals surface area (Å²) in [4.78, 5) is 27.7. The number of fused-ring (bicyclic) bond motifs is 2. The maximum Gasteiger partial charge on any atom is 0.225 e. The fraction of sp³-hybridized carbons (Fsp3) is 0.105. The van der Waals surface area contributed by atoms with Crippen molar-refractivity contribution in [1.29, 1.82) is 0 Å². The molecule has 0 saturated heterocycles. The van der Waals surface area contributed by atoms with Gasteiger partial charge in [0.05, 0.1) is 22.9 Å². The molecule has 0 bridgehead atoms. The monoisotopic (exact) mass is 334 g/mol. The van der Waals surface area contributed by atoms with Gasteiger partial charge in [0, 0.05) is 0 Å². The van der Waals surface area contributed by atoms with Gasteiger partial charge in [-0.05, 0) is 38.1 Å². The zero-order valence-corrected chi connectivity index (χ0v) is 13.6. The third kappa shape index (κ3) is 2.57.